The van der Waals surface area contributed by atoms with Crippen molar-refractivity contribution in [2.75, 3.05) is 12.3 Å². The molecule has 1 aliphatic heterocycles. The van der Waals surface area contributed by atoms with Crippen LogP contribution in [0.25, 0.3) is 11.3 Å². The molecule has 0 spiro atoms. The molecular weight excluding hydrogens is 296 g/mol. The quantitative estimate of drug-likeness (QED) is 0.402. The SMILES string of the molecule is Nc1[nH]c(=O)ncc1-c1cn([C@@H]2O[C@H](CO)[C@@H](O)[C@H]2O)nn1. The minimum Gasteiger partial charge on any atom is -0.394 e. The van der Waals surface area contributed by atoms with Crippen molar-refractivity contribution in [3.05, 3.63) is 22.9 Å². The van der Waals surface area contributed by atoms with Crippen LogP contribution in [0.3, 0.4) is 0 Å². The van der Waals surface area contributed by atoms with Gasteiger partial charge in [-0.25, -0.2) is 14.5 Å². The first kappa shape index (κ1) is 14.6. The van der Waals surface area contributed by atoms with Gasteiger partial charge >= 0.3 is 5.69 Å². The Morgan fingerprint density at radius 1 is 1.41 bits per heavy atom. The highest BCUT2D eigenvalue weighted by molar-refractivity contribution is 5.68. The molecule has 1 fully saturated rings. The number of anilines is 1. The van der Waals surface area contributed by atoms with Crippen LogP contribution in [-0.2, 0) is 4.74 Å². The highest BCUT2D eigenvalue weighted by atomic mass is 16.6. The maximum atomic E-state index is 11.0. The second-order valence-electron chi connectivity index (χ2n) is 4.83. The van der Waals surface area contributed by atoms with Crippen LogP contribution in [-0.4, -0.2) is 65.2 Å². The summed E-state index contributed by atoms with van der Waals surface area (Å²) in [5, 5.41) is 36.4. The Morgan fingerprint density at radius 3 is 2.82 bits per heavy atom. The van der Waals surface area contributed by atoms with Crippen molar-refractivity contribution in [3.63, 3.8) is 0 Å². The van der Waals surface area contributed by atoms with Gasteiger partial charge in [0.25, 0.3) is 0 Å². The summed E-state index contributed by atoms with van der Waals surface area (Å²) in [6, 6.07) is 0. The van der Waals surface area contributed by atoms with Gasteiger partial charge in [0, 0.05) is 6.20 Å². The number of aromatic nitrogens is 5. The molecule has 0 saturated carbocycles. The third-order valence-electron chi connectivity index (χ3n) is 3.41. The zero-order valence-electron chi connectivity index (χ0n) is 11.2. The Labute approximate surface area is 123 Å². The van der Waals surface area contributed by atoms with E-state index in [0.717, 1.165) is 0 Å². The molecule has 0 amide bonds. The maximum absolute atomic E-state index is 11.0. The standard InChI is InChI=1S/C11H14N6O5/c12-9-4(1-13-11(21)14-9)5-2-17(16-15-5)10-8(20)7(19)6(3-18)22-10/h1-2,6-8,10,18-20H,3H2,(H3,12,13,14,21)/t6-,7-,8-,10-/m1/s1. The monoisotopic (exact) mass is 310 g/mol. The van der Waals surface area contributed by atoms with Gasteiger partial charge in [-0.05, 0) is 0 Å². The van der Waals surface area contributed by atoms with Gasteiger partial charge in [0.1, 0.15) is 29.8 Å². The van der Waals surface area contributed by atoms with Crippen LogP contribution in [0.4, 0.5) is 5.82 Å². The summed E-state index contributed by atoms with van der Waals surface area (Å²) < 4.78 is 6.52. The summed E-state index contributed by atoms with van der Waals surface area (Å²) in [4.78, 5) is 16.9. The normalized spacial score (nSPS) is 28.1. The smallest absolute Gasteiger partial charge is 0.346 e. The Hall–Kier alpha value is -2.34. The highest BCUT2D eigenvalue weighted by Gasteiger charge is 2.44. The number of nitrogens with two attached hydrogens (primary N) is 1. The van der Waals surface area contributed by atoms with Crippen LogP contribution < -0.4 is 11.4 Å². The fraction of sp³-hybridized carbons (Fsp3) is 0.455. The molecule has 3 rings (SSSR count). The molecule has 3 heterocycles. The number of nitrogens with one attached hydrogen (secondary N) is 1. The van der Waals surface area contributed by atoms with E-state index in [2.05, 4.69) is 20.3 Å². The van der Waals surface area contributed by atoms with Crippen LogP contribution >= 0.6 is 0 Å². The van der Waals surface area contributed by atoms with E-state index in [1.54, 1.807) is 0 Å². The molecule has 0 bridgehead atoms. The molecule has 11 nitrogen and oxygen atoms in total. The number of H-pyrrole nitrogens is 1. The molecule has 6 N–H and O–H groups in total. The fourth-order valence-corrected chi connectivity index (χ4v) is 2.23. The molecule has 0 unspecified atom stereocenters. The first-order chi connectivity index (χ1) is 10.5. The predicted octanol–water partition coefficient (Wildman–Crippen LogP) is -2.78. The van der Waals surface area contributed by atoms with Crippen molar-refractivity contribution >= 4 is 5.82 Å². The Morgan fingerprint density at radius 2 is 2.18 bits per heavy atom. The number of hydrogen-bond donors (Lipinski definition) is 5. The van der Waals surface area contributed by atoms with Gasteiger partial charge in [-0.1, -0.05) is 5.21 Å². The highest BCUT2D eigenvalue weighted by Crippen LogP contribution is 2.29. The molecule has 2 aromatic heterocycles. The minimum atomic E-state index is -1.27. The van der Waals surface area contributed by atoms with Crippen molar-refractivity contribution in [1.29, 1.82) is 0 Å². The van der Waals surface area contributed by atoms with Crippen molar-refractivity contribution in [3.8, 4) is 11.3 Å². The molecule has 22 heavy (non-hydrogen) atoms. The number of aliphatic hydroxyl groups is 3. The lowest BCUT2D eigenvalue weighted by Gasteiger charge is -2.13. The molecule has 118 valence electrons. The second kappa shape index (κ2) is 5.46. The summed E-state index contributed by atoms with van der Waals surface area (Å²) in [7, 11) is 0. The maximum Gasteiger partial charge on any atom is 0.346 e. The van der Waals surface area contributed by atoms with E-state index >= 15 is 0 Å². The Balaban J connectivity index is 1.90. The van der Waals surface area contributed by atoms with Gasteiger partial charge in [0.05, 0.1) is 18.4 Å². The molecule has 0 aliphatic carbocycles. The molecule has 4 atom stereocenters. The van der Waals surface area contributed by atoms with Gasteiger partial charge in [0.2, 0.25) is 0 Å². The van der Waals surface area contributed by atoms with Crippen LogP contribution in [0.5, 0.6) is 0 Å². The van der Waals surface area contributed by atoms with Crippen molar-refractivity contribution < 1.29 is 20.1 Å². The molecule has 1 aliphatic rings. The lowest BCUT2D eigenvalue weighted by atomic mass is 10.1. The summed E-state index contributed by atoms with van der Waals surface area (Å²) in [5.41, 5.74) is 5.76. The van der Waals surface area contributed by atoms with Crippen LogP contribution in [0.2, 0.25) is 0 Å². The largest absolute Gasteiger partial charge is 0.394 e. The predicted molar refractivity (Wildman–Crippen MR) is 71.3 cm³/mol. The van der Waals surface area contributed by atoms with E-state index in [0.29, 0.717) is 11.3 Å². The van der Waals surface area contributed by atoms with E-state index < -0.39 is 36.8 Å². The number of rotatable bonds is 3. The molecule has 0 aromatic carbocycles. The van der Waals surface area contributed by atoms with Gasteiger partial charge < -0.3 is 25.8 Å². The number of ether oxygens (including phenoxy) is 1. The number of nitrogen functional groups attached to an aromatic ring is 1. The zero-order valence-corrected chi connectivity index (χ0v) is 11.2. The van der Waals surface area contributed by atoms with Crippen molar-refractivity contribution in [1.82, 2.24) is 25.0 Å². The van der Waals surface area contributed by atoms with Gasteiger partial charge in [-0.15, -0.1) is 5.10 Å². The fourth-order valence-electron chi connectivity index (χ4n) is 2.23. The molecule has 0 radical (unpaired) electrons. The van der Waals surface area contributed by atoms with Crippen molar-refractivity contribution in [2.45, 2.75) is 24.5 Å². The average molecular weight is 310 g/mol. The third kappa shape index (κ3) is 2.35. The number of nitrogens with zero attached hydrogens (tertiary/aromatic N) is 4. The van der Waals surface area contributed by atoms with E-state index in [4.69, 9.17) is 15.6 Å². The second-order valence-corrected chi connectivity index (χ2v) is 4.83. The van der Waals surface area contributed by atoms with Crippen LogP contribution in [0, 0.1) is 0 Å². The molecule has 1 saturated heterocycles. The molecular formula is C11H14N6O5. The molecule has 2 aromatic rings. The Bertz CT molecular complexity index is 730. The molecule has 11 heteroatoms. The lowest BCUT2D eigenvalue weighted by Crippen LogP contribution is -2.33. The van der Waals surface area contributed by atoms with Gasteiger partial charge in [-0.2, -0.15) is 0 Å². The third-order valence-corrected chi connectivity index (χ3v) is 3.41. The number of aliphatic hydroxyl groups excluding tert-OH is 3. The van der Waals surface area contributed by atoms with E-state index in [1.807, 2.05) is 0 Å². The van der Waals surface area contributed by atoms with Gasteiger partial charge in [0.15, 0.2) is 6.23 Å². The number of aromatic amines is 1. The lowest BCUT2D eigenvalue weighted by molar-refractivity contribution is -0.0593. The van der Waals surface area contributed by atoms with Gasteiger partial charge in [-0.3, -0.25) is 4.98 Å². The summed E-state index contributed by atoms with van der Waals surface area (Å²) in [5.74, 6) is 0.0770. The van der Waals surface area contributed by atoms with E-state index in [1.165, 1.54) is 17.1 Å². The summed E-state index contributed by atoms with van der Waals surface area (Å²) in [6.45, 7) is -0.437. The first-order valence-corrected chi connectivity index (χ1v) is 6.40. The number of hydrogen-bond acceptors (Lipinski definition) is 9. The van der Waals surface area contributed by atoms with E-state index in [-0.39, 0.29) is 5.82 Å². The zero-order chi connectivity index (χ0) is 15.9. The van der Waals surface area contributed by atoms with Crippen LogP contribution in [0.1, 0.15) is 6.23 Å². The van der Waals surface area contributed by atoms with E-state index in [9.17, 15) is 15.0 Å². The average Bonchev–Trinajstić information content (AvgIpc) is 3.06. The minimum absolute atomic E-state index is 0.0770. The van der Waals surface area contributed by atoms with Crippen LogP contribution in [0.15, 0.2) is 17.2 Å². The van der Waals surface area contributed by atoms with Crippen molar-refractivity contribution in [2.24, 2.45) is 0 Å². The Kier molecular flexibility index (Phi) is 3.62. The first-order valence-electron chi connectivity index (χ1n) is 6.40. The summed E-state index contributed by atoms with van der Waals surface area (Å²) >= 11 is 0. The topological polar surface area (TPSA) is 172 Å². The summed E-state index contributed by atoms with van der Waals surface area (Å²) in [6.07, 6.45) is -1.73.